The lowest BCUT2D eigenvalue weighted by Crippen LogP contribution is -2.47. The number of nitrogens with zero attached hydrogens (tertiary/aromatic N) is 1. The molecule has 1 heterocycles. The topological polar surface area (TPSA) is 69.6 Å². The summed E-state index contributed by atoms with van der Waals surface area (Å²) in [5.74, 6) is -0.542. The second-order valence-corrected chi connectivity index (χ2v) is 7.04. The average Bonchev–Trinajstić information content (AvgIpc) is 2.56. The molecule has 24 heavy (non-hydrogen) atoms. The maximum Gasteiger partial charge on any atom is 0.303 e. The van der Waals surface area contributed by atoms with E-state index >= 15 is 0 Å². The molecule has 1 fully saturated rings. The van der Waals surface area contributed by atoms with E-state index in [9.17, 15) is 9.59 Å². The zero-order valence-corrected chi connectivity index (χ0v) is 15.1. The smallest absolute Gasteiger partial charge is 0.303 e. The molecule has 0 radical (unpaired) electrons. The van der Waals surface area contributed by atoms with Gasteiger partial charge in [0.2, 0.25) is 5.91 Å². The van der Waals surface area contributed by atoms with Crippen LogP contribution >= 0.6 is 23.2 Å². The molecule has 1 aromatic rings. The van der Waals surface area contributed by atoms with E-state index in [4.69, 9.17) is 28.3 Å². The lowest BCUT2D eigenvalue weighted by molar-refractivity contribution is -0.137. The van der Waals surface area contributed by atoms with Crippen molar-refractivity contribution in [3.63, 3.8) is 0 Å². The minimum absolute atomic E-state index is 0.104. The number of carbonyl (C=O) groups is 2. The Hall–Kier alpha value is -1.30. The second-order valence-electron chi connectivity index (χ2n) is 6.23. The molecule has 5 nitrogen and oxygen atoms in total. The van der Waals surface area contributed by atoms with Crippen molar-refractivity contribution in [1.29, 1.82) is 0 Å². The number of carbonyl (C=O) groups excluding carboxylic acids is 1. The summed E-state index contributed by atoms with van der Waals surface area (Å²) in [6, 6.07) is 4.70. The Labute approximate surface area is 151 Å². The van der Waals surface area contributed by atoms with Crippen LogP contribution in [0.4, 0.5) is 5.69 Å². The number of carboxylic acid groups (broad SMARTS) is 1. The Morgan fingerprint density at radius 3 is 2.79 bits per heavy atom. The number of hydrogen-bond acceptors (Lipinski definition) is 3. The highest BCUT2D eigenvalue weighted by Crippen LogP contribution is 2.26. The van der Waals surface area contributed by atoms with Crippen molar-refractivity contribution in [2.45, 2.75) is 38.6 Å². The summed E-state index contributed by atoms with van der Waals surface area (Å²) >= 11 is 11.8. The van der Waals surface area contributed by atoms with Crippen molar-refractivity contribution in [2.24, 2.45) is 5.92 Å². The molecular formula is C17H22Cl2N2O3. The zero-order valence-electron chi connectivity index (χ0n) is 13.6. The van der Waals surface area contributed by atoms with Gasteiger partial charge in [-0.25, -0.2) is 0 Å². The molecule has 132 valence electrons. The fourth-order valence-electron chi connectivity index (χ4n) is 3.00. The molecule has 0 saturated carbocycles. The van der Waals surface area contributed by atoms with Gasteiger partial charge in [0.05, 0.1) is 16.1 Å². The van der Waals surface area contributed by atoms with Crippen LogP contribution in [0.1, 0.15) is 32.6 Å². The van der Waals surface area contributed by atoms with Crippen molar-refractivity contribution < 1.29 is 14.7 Å². The molecule has 2 rings (SSSR count). The number of rotatable bonds is 6. The van der Waals surface area contributed by atoms with Crippen LogP contribution in [0.15, 0.2) is 18.2 Å². The van der Waals surface area contributed by atoms with Gasteiger partial charge in [-0.1, -0.05) is 23.2 Å². The van der Waals surface area contributed by atoms with Crippen LogP contribution in [-0.2, 0) is 9.59 Å². The van der Waals surface area contributed by atoms with Gasteiger partial charge in [0.25, 0.3) is 0 Å². The lowest BCUT2D eigenvalue weighted by atomic mass is 9.92. The first kappa shape index (κ1) is 19.0. The van der Waals surface area contributed by atoms with Crippen LogP contribution in [0, 0.1) is 5.92 Å². The number of hydrogen-bond donors (Lipinski definition) is 2. The molecule has 0 aromatic heterocycles. The Kier molecular flexibility index (Phi) is 6.90. The van der Waals surface area contributed by atoms with Crippen molar-refractivity contribution >= 4 is 40.8 Å². The standard InChI is InChI=1S/C17H22Cl2N2O3/c1-11(17(24)20-13-5-6-14(18)15(19)9-13)21-8-2-3-12(10-21)4-7-16(22)23/h5-6,9,11-12H,2-4,7-8,10H2,1H3,(H,20,24)(H,22,23). The summed E-state index contributed by atoms with van der Waals surface area (Å²) < 4.78 is 0. The Morgan fingerprint density at radius 2 is 2.12 bits per heavy atom. The highest BCUT2D eigenvalue weighted by atomic mass is 35.5. The molecule has 0 aliphatic carbocycles. The van der Waals surface area contributed by atoms with Gasteiger partial charge in [-0.15, -0.1) is 0 Å². The van der Waals surface area contributed by atoms with E-state index in [1.165, 1.54) is 0 Å². The number of carboxylic acids is 1. The normalized spacial score (nSPS) is 19.7. The highest BCUT2D eigenvalue weighted by Gasteiger charge is 2.27. The molecule has 1 aliphatic heterocycles. The second kappa shape index (κ2) is 8.70. The van der Waals surface area contributed by atoms with Crippen LogP contribution in [0.3, 0.4) is 0 Å². The van der Waals surface area contributed by atoms with Crippen LogP contribution in [0.2, 0.25) is 10.0 Å². The highest BCUT2D eigenvalue weighted by molar-refractivity contribution is 6.42. The van der Waals surface area contributed by atoms with Gasteiger partial charge >= 0.3 is 5.97 Å². The molecule has 1 aromatic carbocycles. The Bertz CT molecular complexity index is 609. The molecule has 1 aliphatic rings. The van der Waals surface area contributed by atoms with Gasteiger partial charge in [0.15, 0.2) is 0 Å². The van der Waals surface area contributed by atoms with Crippen LogP contribution < -0.4 is 5.32 Å². The van der Waals surface area contributed by atoms with Crippen molar-refractivity contribution in [3.05, 3.63) is 28.2 Å². The monoisotopic (exact) mass is 372 g/mol. The van der Waals surface area contributed by atoms with Gasteiger partial charge in [-0.05, 0) is 56.8 Å². The van der Waals surface area contributed by atoms with Crippen LogP contribution in [0.25, 0.3) is 0 Å². The van der Waals surface area contributed by atoms with E-state index < -0.39 is 5.97 Å². The summed E-state index contributed by atoms with van der Waals surface area (Å²) in [7, 11) is 0. The maximum absolute atomic E-state index is 12.5. The van der Waals surface area contributed by atoms with E-state index in [1.54, 1.807) is 18.2 Å². The van der Waals surface area contributed by atoms with Gasteiger partial charge < -0.3 is 10.4 Å². The minimum Gasteiger partial charge on any atom is -0.481 e. The quantitative estimate of drug-likeness (QED) is 0.794. The molecule has 1 amide bonds. The molecule has 2 unspecified atom stereocenters. The molecular weight excluding hydrogens is 351 g/mol. The van der Waals surface area contributed by atoms with Crippen molar-refractivity contribution in [2.75, 3.05) is 18.4 Å². The molecule has 1 saturated heterocycles. The van der Waals surface area contributed by atoms with Crippen LogP contribution in [-0.4, -0.2) is 41.0 Å². The number of anilines is 1. The number of nitrogens with one attached hydrogen (secondary N) is 1. The van der Waals surface area contributed by atoms with Gasteiger partial charge in [0.1, 0.15) is 0 Å². The molecule has 2 atom stereocenters. The predicted octanol–water partition coefficient (Wildman–Crippen LogP) is 3.90. The number of benzene rings is 1. The van der Waals surface area contributed by atoms with Gasteiger partial charge in [0, 0.05) is 18.7 Å². The Morgan fingerprint density at radius 1 is 1.38 bits per heavy atom. The first-order chi connectivity index (χ1) is 11.4. The number of amides is 1. The Balaban J connectivity index is 1.91. The largest absolute Gasteiger partial charge is 0.481 e. The molecule has 2 N–H and O–H groups in total. The summed E-state index contributed by atoms with van der Waals surface area (Å²) in [6.45, 7) is 3.47. The van der Waals surface area contributed by atoms with E-state index in [0.717, 1.165) is 25.9 Å². The van der Waals surface area contributed by atoms with E-state index in [0.29, 0.717) is 28.1 Å². The SMILES string of the molecule is CC(C(=O)Nc1ccc(Cl)c(Cl)c1)N1CCCC(CCC(=O)O)C1. The first-order valence-electron chi connectivity index (χ1n) is 8.08. The number of aliphatic carboxylic acids is 1. The summed E-state index contributed by atoms with van der Waals surface area (Å²) in [6.07, 6.45) is 2.84. The molecule has 0 bridgehead atoms. The maximum atomic E-state index is 12.5. The number of likely N-dealkylation sites (tertiary alicyclic amines) is 1. The molecule has 7 heteroatoms. The van der Waals surface area contributed by atoms with Gasteiger partial charge in [-0.3, -0.25) is 14.5 Å². The number of piperidine rings is 1. The predicted molar refractivity (Wildman–Crippen MR) is 95.7 cm³/mol. The summed E-state index contributed by atoms with van der Waals surface area (Å²) in [5, 5.41) is 12.5. The third-order valence-corrected chi connectivity index (χ3v) is 5.17. The zero-order chi connectivity index (χ0) is 17.7. The van der Waals surface area contributed by atoms with Gasteiger partial charge in [-0.2, -0.15) is 0 Å². The van der Waals surface area contributed by atoms with E-state index in [-0.39, 0.29) is 18.4 Å². The minimum atomic E-state index is -0.766. The lowest BCUT2D eigenvalue weighted by Gasteiger charge is -2.36. The average molecular weight is 373 g/mol. The van der Waals surface area contributed by atoms with Crippen LogP contribution in [0.5, 0.6) is 0 Å². The van der Waals surface area contributed by atoms with Crippen molar-refractivity contribution in [3.8, 4) is 0 Å². The summed E-state index contributed by atoms with van der Waals surface area (Å²) in [5.41, 5.74) is 0.612. The number of halogens is 2. The van der Waals surface area contributed by atoms with E-state index in [2.05, 4.69) is 10.2 Å². The summed E-state index contributed by atoms with van der Waals surface area (Å²) in [4.78, 5) is 25.3. The fraction of sp³-hybridized carbons (Fsp3) is 0.529. The van der Waals surface area contributed by atoms with E-state index in [1.807, 2.05) is 6.92 Å². The van der Waals surface area contributed by atoms with Crippen molar-refractivity contribution in [1.82, 2.24) is 4.90 Å². The fourth-order valence-corrected chi connectivity index (χ4v) is 3.30. The first-order valence-corrected chi connectivity index (χ1v) is 8.84. The molecule has 0 spiro atoms. The third kappa shape index (κ3) is 5.36. The third-order valence-electron chi connectivity index (χ3n) is 4.43.